The molecule has 0 aliphatic rings. The maximum Gasteiger partial charge on any atom is 0.416 e. The topological polar surface area (TPSA) is 47.6 Å². The third kappa shape index (κ3) is 6.51. The number of rotatable bonds is 8. The molecule has 0 heterocycles. The third-order valence-corrected chi connectivity index (χ3v) is 4.99. The predicted octanol–water partition coefficient (Wildman–Crippen LogP) is 6.32. The lowest BCUT2D eigenvalue weighted by Crippen LogP contribution is -2.35. The highest BCUT2D eigenvalue weighted by Crippen LogP contribution is 2.34. The van der Waals surface area contributed by atoms with Crippen molar-refractivity contribution in [2.45, 2.75) is 31.7 Å². The van der Waals surface area contributed by atoms with Crippen molar-refractivity contribution in [1.29, 1.82) is 0 Å². The molecular weight excluding hydrogens is 419 g/mol. The highest BCUT2D eigenvalue weighted by Gasteiger charge is 2.32. The number of amides is 1. The van der Waals surface area contributed by atoms with Gasteiger partial charge in [0.15, 0.2) is 0 Å². The highest BCUT2D eigenvalue weighted by molar-refractivity contribution is 5.67. The van der Waals surface area contributed by atoms with E-state index in [0.29, 0.717) is 12.2 Å². The lowest BCUT2D eigenvalue weighted by atomic mass is 9.92. The van der Waals surface area contributed by atoms with Crippen molar-refractivity contribution in [1.82, 2.24) is 5.32 Å². The van der Waals surface area contributed by atoms with Crippen LogP contribution in [0.1, 0.15) is 30.0 Å². The molecule has 0 fully saturated rings. The minimum absolute atomic E-state index is 0.157. The van der Waals surface area contributed by atoms with E-state index in [4.69, 9.17) is 9.47 Å². The minimum Gasteiger partial charge on any atom is -0.483 e. The molecule has 4 nitrogen and oxygen atoms in total. The Kier molecular flexibility index (Phi) is 7.41. The Balaban J connectivity index is 1.63. The molecule has 3 rings (SSSR count). The number of hydrogen-bond acceptors (Lipinski definition) is 3. The molecule has 0 spiro atoms. The average Bonchev–Trinajstić information content (AvgIpc) is 2.79. The third-order valence-electron chi connectivity index (χ3n) is 4.99. The summed E-state index contributed by atoms with van der Waals surface area (Å²) in [7, 11) is 0. The van der Waals surface area contributed by atoms with Crippen molar-refractivity contribution in [3.8, 4) is 5.75 Å². The van der Waals surface area contributed by atoms with Crippen LogP contribution in [0.5, 0.6) is 5.75 Å². The second-order valence-corrected chi connectivity index (χ2v) is 7.46. The van der Waals surface area contributed by atoms with Crippen molar-refractivity contribution >= 4 is 6.09 Å². The lowest BCUT2D eigenvalue weighted by molar-refractivity contribution is -0.137. The van der Waals surface area contributed by atoms with E-state index in [2.05, 4.69) is 5.32 Å². The summed E-state index contributed by atoms with van der Waals surface area (Å²) in [6, 6.07) is 23.2. The van der Waals surface area contributed by atoms with Crippen LogP contribution in [0, 0.1) is 0 Å². The number of alkyl carbamates (subject to hydrolysis) is 1. The van der Waals surface area contributed by atoms with Crippen molar-refractivity contribution in [3.05, 3.63) is 102 Å². The fraction of sp³-hybridized carbons (Fsp3) is 0.240. The summed E-state index contributed by atoms with van der Waals surface area (Å²) in [5.41, 5.74) is 0.0872. The van der Waals surface area contributed by atoms with E-state index >= 15 is 0 Å². The van der Waals surface area contributed by atoms with E-state index in [0.717, 1.165) is 23.3 Å². The zero-order chi connectivity index (χ0) is 23.0. The van der Waals surface area contributed by atoms with Gasteiger partial charge in [-0.1, -0.05) is 60.7 Å². The molecule has 0 bridgehead atoms. The fourth-order valence-corrected chi connectivity index (χ4v) is 3.19. The Morgan fingerprint density at radius 3 is 2.03 bits per heavy atom. The Hall–Kier alpha value is -3.48. The van der Waals surface area contributed by atoms with Crippen LogP contribution in [-0.2, 0) is 23.1 Å². The number of halogens is 3. The molecule has 1 atom stereocenters. The van der Waals surface area contributed by atoms with Gasteiger partial charge in [0.2, 0.25) is 0 Å². The molecule has 0 aliphatic heterocycles. The molecule has 3 aromatic rings. The van der Waals surface area contributed by atoms with Crippen molar-refractivity contribution in [2.24, 2.45) is 0 Å². The quantitative estimate of drug-likeness (QED) is 0.443. The zero-order valence-electron chi connectivity index (χ0n) is 17.6. The number of alkyl halides is 3. The summed E-state index contributed by atoms with van der Waals surface area (Å²) < 4.78 is 49.9. The van der Waals surface area contributed by atoms with Gasteiger partial charge >= 0.3 is 12.3 Å². The second kappa shape index (κ2) is 10.2. The van der Waals surface area contributed by atoms with Crippen molar-refractivity contribution in [2.75, 3.05) is 6.54 Å². The summed E-state index contributed by atoms with van der Waals surface area (Å²) in [4.78, 5) is 12.0. The van der Waals surface area contributed by atoms with Crippen LogP contribution in [0.3, 0.4) is 0 Å². The first-order valence-electron chi connectivity index (χ1n) is 10.1. The van der Waals surface area contributed by atoms with Gasteiger partial charge in [0, 0.05) is 13.0 Å². The Bertz CT molecular complexity index is 992. The molecule has 1 unspecified atom stereocenters. The van der Waals surface area contributed by atoms with Crippen LogP contribution in [0.2, 0.25) is 0 Å². The van der Waals surface area contributed by atoms with Gasteiger partial charge < -0.3 is 14.8 Å². The lowest BCUT2D eigenvalue weighted by Gasteiger charge is -2.31. The average molecular weight is 443 g/mol. The van der Waals surface area contributed by atoms with Gasteiger partial charge in [-0.05, 0) is 42.3 Å². The van der Waals surface area contributed by atoms with E-state index in [-0.39, 0.29) is 13.2 Å². The smallest absolute Gasteiger partial charge is 0.416 e. The summed E-state index contributed by atoms with van der Waals surface area (Å²) in [5.74, 6) is 0.302. The van der Waals surface area contributed by atoms with Gasteiger partial charge in [0.1, 0.15) is 18.0 Å². The van der Waals surface area contributed by atoms with E-state index in [1.54, 1.807) is 0 Å². The number of nitrogens with one attached hydrogen (secondary N) is 1. The molecule has 1 N–H and O–H groups in total. The van der Waals surface area contributed by atoms with E-state index in [9.17, 15) is 18.0 Å². The Morgan fingerprint density at radius 1 is 0.844 bits per heavy atom. The summed E-state index contributed by atoms with van der Waals surface area (Å²) in [5, 5.41) is 2.70. The summed E-state index contributed by atoms with van der Waals surface area (Å²) in [6.07, 6.45) is -4.59. The maximum absolute atomic E-state index is 12.8. The molecule has 0 radical (unpaired) electrons. The zero-order valence-corrected chi connectivity index (χ0v) is 17.6. The number of carbonyl (C=O) groups is 1. The largest absolute Gasteiger partial charge is 0.483 e. The van der Waals surface area contributed by atoms with Gasteiger partial charge in [-0.15, -0.1) is 0 Å². The molecule has 3 aromatic carbocycles. The maximum atomic E-state index is 12.8. The Morgan fingerprint density at radius 2 is 1.44 bits per heavy atom. The van der Waals surface area contributed by atoms with E-state index in [1.807, 2.05) is 67.6 Å². The second-order valence-electron chi connectivity index (χ2n) is 7.46. The normalized spacial score (nSPS) is 13.1. The molecule has 0 saturated heterocycles. The highest BCUT2D eigenvalue weighted by atomic mass is 19.4. The minimum atomic E-state index is -4.41. The van der Waals surface area contributed by atoms with Crippen LogP contribution < -0.4 is 10.1 Å². The predicted molar refractivity (Wildman–Crippen MR) is 115 cm³/mol. The van der Waals surface area contributed by atoms with Gasteiger partial charge in [-0.25, -0.2) is 4.79 Å². The first kappa shape index (κ1) is 23.2. The van der Waals surface area contributed by atoms with E-state index in [1.165, 1.54) is 12.1 Å². The molecule has 7 heteroatoms. The Labute approximate surface area is 185 Å². The number of benzene rings is 3. The van der Waals surface area contributed by atoms with Gasteiger partial charge in [0.05, 0.1) is 5.56 Å². The van der Waals surface area contributed by atoms with Gasteiger partial charge in [0.25, 0.3) is 0 Å². The fourth-order valence-electron chi connectivity index (χ4n) is 3.19. The summed E-state index contributed by atoms with van der Waals surface area (Å²) in [6.45, 7) is 2.24. The van der Waals surface area contributed by atoms with Gasteiger partial charge in [-0.2, -0.15) is 13.2 Å². The SMILES string of the molecule is CC(CCNC(=O)OCc1ccccc1)(Oc1ccc(C(F)(F)F)cc1)c1ccccc1. The van der Waals surface area contributed by atoms with Crippen LogP contribution in [0.15, 0.2) is 84.9 Å². The summed E-state index contributed by atoms with van der Waals surface area (Å²) >= 11 is 0. The van der Waals surface area contributed by atoms with Crippen LogP contribution in [-0.4, -0.2) is 12.6 Å². The van der Waals surface area contributed by atoms with Crippen LogP contribution in [0.4, 0.5) is 18.0 Å². The molecular formula is C25H24F3NO3. The monoisotopic (exact) mass is 443 g/mol. The van der Waals surface area contributed by atoms with Crippen LogP contribution >= 0.6 is 0 Å². The van der Waals surface area contributed by atoms with Gasteiger partial charge in [-0.3, -0.25) is 0 Å². The van der Waals surface area contributed by atoms with Crippen molar-refractivity contribution < 1.29 is 27.4 Å². The van der Waals surface area contributed by atoms with E-state index < -0.39 is 23.4 Å². The molecule has 1 amide bonds. The molecule has 0 aromatic heterocycles. The van der Waals surface area contributed by atoms with Crippen molar-refractivity contribution in [3.63, 3.8) is 0 Å². The first-order chi connectivity index (χ1) is 15.3. The standard InChI is InChI=1S/C25H24F3NO3/c1-24(20-10-6-3-7-11-20,32-22-14-12-21(13-15-22)25(26,27)28)16-17-29-23(30)31-18-19-8-4-2-5-9-19/h2-15H,16-18H2,1H3,(H,29,30). The van der Waals surface area contributed by atoms with Crippen LogP contribution in [0.25, 0.3) is 0 Å². The number of hydrogen-bond donors (Lipinski definition) is 1. The molecule has 168 valence electrons. The number of carbonyl (C=O) groups excluding carboxylic acids is 1. The number of ether oxygens (including phenoxy) is 2. The molecule has 0 aliphatic carbocycles. The molecule has 0 saturated carbocycles. The molecule has 32 heavy (non-hydrogen) atoms. The first-order valence-corrected chi connectivity index (χ1v) is 10.1.